The molecule has 1 fully saturated rings. The first-order valence-electron chi connectivity index (χ1n) is 9.10. The number of carbonyl (C=O) groups excluding carboxylic acids is 1. The first-order chi connectivity index (χ1) is 13.1. The van der Waals surface area contributed by atoms with E-state index in [0.717, 1.165) is 30.5 Å². The summed E-state index contributed by atoms with van der Waals surface area (Å²) in [5.41, 5.74) is 2.57. The number of imidazole rings is 1. The summed E-state index contributed by atoms with van der Waals surface area (Å²) < 4.78 is 1.55. The molecule has 0 bridgehead atoms. The summed E-state index contributed by atoms with van der Waals surface area (Å²) in [6.07, 6.45) is 4.58. The van der Waals surface area contributed by atoms with Crippen molar-refractivity contribution in [3.8, 4) is 5.69 Å². The Morgan fingerprint density at radius 3 is 2.41 bits per heavy atom. The minimum atomic E-state index is -0.318. The summed E-state index contributed by atoms with van der Waals surface area (Å²) in [5, 5.41) is 6.07. The second-order valence-electron chi connectivity index (χ2n) is 6.97. The number of aryl methyl sites for hydroxylation is 1. The molecule has 0 saturated heterocycles. The largest absolute Gasteiger partial charge is 0.330 e. The summed E-state index contributed by atoms with van der Waals surface area (Å²) in [5.74, 6) is 0. The molecule has 0 spiro atoms. The molecule has 1 aliphatic rings. The number of amides is 2. The number of rotatable bonds is 4. The van der Waals surface area contributed by atoms with Crippen molar-refractivity contribution in [1.29, 1.82) is 0 Å². The van der Waals surface area contributed by atoms with E-state index in [4.69, 9.17) is 0 Å². The number of nitrogens with zero attached hydrogens (tertiary/aromatic N) is 1. The van der Waals surface area contributed by atoms with Gasteiger partial charge in [-0.25, -0.2) is 9.59 Å². The molecule has 1 saturated carbocycles. The Labute approximate surface area is 157 Å². The van der Waals surface area contributed by atoms with Crippen LogP contribution in [0.4, 0.5) is 10.5 Å². The lowest BCUT2D eigenvalue weighted by Crippen LogP contribution is -2.52. The van der Waals surface area contributed by atoms with Gasteiger partial charge in [0.1, 0.15) is 0 Å². The highest BCUT2D eigenvalue weighted by molar-refractivity contribution is 5.92. The van der Waals surface area contributed by atoms with Gasteiger partial charge in [-0.05, 0) is 43.9 Å². The highest BCUT2D eigenvalue weighted by Gasteiger charge is 2.40. The van der Waals surface area contributed by atoms with Crippen LogP contribution < -0.4 is 16.3 Å². The van der Waals surface area contributed by atoms with Crippen LogP contribution in [0.3, 0.4) is 0 Å². The molecule has 0 radical (unpaired) electrons. The van der Waals surface area contributed by atoms with Crippen LogP contribution in [0.1, 0.15) is 30.5 Å². The van der Waals surface area contributed by atoms with Gasteiger partial charge in [0.15, 0.2) is 0 Å². The molecule has 0 unspecified atom stereocenters. The molecule has 4 rings (SSSR count). The molecule has 27 heavy (non-hydrogen) atoms. The number of H-pyrrole nitrogens is 1. The minimum Gasteiger partial charge on any atom is -0.328 e. The zero-order chi connectivity index (χ0) is 18.9. The van der Waals surface area contributed by atoms with Crippen LogP contribution in [0.5, 0.6) is 0 Å². The van der Waals surface area contributed by atoms with E-state index in [1.807, 2.05) is 43.3 Å². The SMILES string of the molecule is Cc1c[nH]c(=O)n1-c1ccccc1NC(=O)NC1(c2ccccc2)CCC1. The Bertz CT molecular complexity index is 1020. The van der Waals surface area contributed by atoms with E-state index < -0.39 is 0 Å². The maximum atomic E-state index is 12.8. The van der Waals surface area contributed by atoms with Gasteiger partial charge in [0.05, 0.1) is 16.9 Å². The third kappa shape index (κ3) is 3.14. The van der Waals surface area contributed by atoms with Crippen LogP contribution in [-0.4, -0.2) is 15.6 Å². The number of aromatic nitrogens is 2. The molecule has 3 aromatic rings. The number of benzene rings is 2. The third-order valence-electron chi connectivity index (χ3n) is 5.24. The zero-order valence-corrected chi connectivity index (χ0v) is 15.2. The Balaban J connectivity index is 1.59. The van der Waals surface area contributed by atoms with Gasteiger partial charge in [-0.2, -0.15) is 0 Å². The van der Waals surface area contributed by atoms with E-state index in [9.17, 15) is 9.59 Å². The molecule has 2 amide bonds. The van der Waals surface area contributed by atoms with Gasteiger partial charge in [0, 0.05) is 11.9 Å². The predicted octanol–water partition coefficient (Wildman–Crippen LogP) is 3.67. The monoisotopic (exact) mass is 362 g/mol. The van der Waals surface area contributed by atoms with Gasteiger partial charge in [-0.3, -0.25) is 4.57 Å². The molecule has 138 valence electrons. The Morgan fingerprint density at radius 2 is 1.78 bits per heavy atom. The minimum absolute atomic E-state index is 0.234. The molecule has 1 heterocycles. The van der Waals surface area contributed by atoms with Crippen LogP contribution in [0.2, 0.25) is 0 Å². The predicted molar refractivity (Wildman–Crippen MR) is 105 cm³/mol. The van der Waals surface area contributed by atoms with Gasteiger partial charge in [-0.1, -0.05) is 42.5 Å². The lowest BCUT2D eigenvalue weighted by atomic mass is 9.72. The third-order valence-corrected chi connectivity index (χ3v) is 5.24. The first kappa shape index (κ1) is 17.1. The van der Waals surface area contributed by atoms with Gasteiger partial charge in [-0.15, -0.1) is 0 Å². The van der Waals surface area contributed by atoms with E-state index in [1.165, 1.54) is 0 Å². The Hall–Kier alpha value is -3.28. The fourth-order valence-electron chi connectivity index (χ4n) is 3.67. The first-order valence-corrected chi connectivity index (χ1v) is 9.10. The van der Waals surface area contributed by atoms with Crippen LogP contribution in [-0.2, 0) is 5.54 Å². The standard InChI is InChI=1S/C21H22N4O2/c1-15-14-22-20(27)25(15)18-11-6-5-10-17(18)23-19(26)24-21(12-7-13-21)16-8-3-2-4-9-16/h2-6,8-11,14H,7,12-13H2,1H3,(H,22,27)(H2,23,24,26). The number of aromatic amines is 1. The van der Waals surface area contributed by atoms with Crippen molar-refractivity contribution >= 4 is 11.7 Å². The maximum Gasteiger partial charge on any atom is 0.330 e. The van der Waals surface area contributed by atoms with Gasteiger partial charge in [0.2, 0.25) is 0 Å². The molecular formula is C21H22N4O2. The zero-order valence-electron chi connectivity index (χ0n) is 15.2. The van der Waals surface area contributed by atoms with Gasteiger partial charge in [0.25, 0.3) is 0 Å². The molecular weight excluding hydrogens is 340 g/mol. The Morgan fingerprint density at radius 1 is 1.07 bits per heavy atom. The van der Waals surface area contributed by atoms with Crippen LogP contribution in [0, 0.1) is 6.92 Å². The second-order valence-corrected chi connectivity index (χ2v) is 6.97. The highest BCUT2D eigenvalue weighted by atomic mass is 16.2. The maximum absolute atomic E-state index is 12.8. The van der Waals surface area contributed by atoms with E-state index in [1.54, 1.807) is 16.8 Å². The topological polar surface area (TPSA) is 78.9 Å². The van der Waals surface area contributed by atoms with Crippen molar-refractivity contribution in [1.82, 2.24) is 14.9 Å². The molecule has 1 aliphatic carbocycles. The van der Waals surface area contributed by atoms with Crippen molar-refractivity contribution in [2.75, 3.05) is 5.32 Å². The number of nitrogens with one attached hydrogen (secondary N) is 3. The van der Waals surface area contributed by atoms with Crippen molar-refractivity contribution in [3.63, 3.8) is 0 Å². The van der Waals surface area contributed by atoms with E-state index >= 15 is 0 Å². The fourth-order valence-corrected chi connectivity index (χ4v) is 3.67. The number of para-hydroxylation sites is 2. The van der Waals surface area contributed by atoms with Gasteiger partial charge >= 0.3 is 11.7 Å². The number of hydrogen-bond donors (Lipinski definition) is 3. The fraction of sp³-hybridized carbons (Fsp3) is 0.238. The van der Waals surface area contributed by atoms with Crippen LogP contribution in [0.25, 0.3) is 5.69 Å². The number of anilines is 1. The number of carbonyl (C=O) groups is 1. The van der Waals surface area contributed by atoms with E-state index in [2.05, 4.69) is 27.8 Å². The summed E-state index contributed by atoms with van der Waals surface area (Å²) in [6.45, 7) is 1.84. The number of urea groups is 1. The lowest BCUT2D eigenvalue weighted by Gasteiger charge is -2.43. The van der Waals surface area contributed by atoms with Crippen molar-refractivity contribution in [2.24, 2.45) is 0 Å². The van der Waals surface area contributed by atoms with Crippen molar-refractivity contribution in [3.05, 3.63) is 82.5 Å². The smallest absolute Gasteiger partial charge is 0.328 e. The van der Waals surface area contributed by atoms with E-state index in [-0.39, 0.29) is 17.3 Å². The molecule has 6 heteroatoms. The summed E-state index contributed by atoms with van der Waals surface area (Å²) >= 11 is 0. The van der Waals surface area contributed by atoms with Gasteiger partial charge < -0.3 is 15.6 Å². The molecule has 0 atom stereocenters. The summed E-state index contributed by atoms with van der Waals surface area (Å²) in [7, 11) is 0. The van der Waals surface area contributed by atoms with E-state index in [0.29, 0.717) is 11.4 Å². The average molecular weight is 362 g/mol. The molecule has 0 aliphatic heterocycles. The summed E-state index contributed by atoms with van der Waals surface area (Å²) in [4.78, 5) is 27.6. The normalized spacial score (nSPS) is 15.0. The average Bonchev–Trinajstić information content (AvgIpc) is 2.98. The van der Waals surface area contributed by atoms with Crippen molar-refractivity contribution < 1.29 is 4.79 Å². The molecule has 2 aromatic carbocycles. The highest BCUT2D eigenvalue weighted by Crippen LogP contribution is 2.41. The quantitative estimate of drug-likeness (QED) is 0.662. The second kappa shape index (κ2) is 6.79. The summed E-state index contributed by atoms with van der Waals surface area (Å²) in [6, 6.07) is 17.1. The molecule has 1 aromatic heterocycles. The molecule has 3 N–H and O–H groups in total. The van der Waals surface area contributed by atoms with Crippen molar-refractivity contribution in [2.45, 2.75) is 31.7 Å². The Kier molecular flexibility index (Phi) is 4.32. The number of hydrogen-bond acceptors (Lipinski definition) is 2. The van der Waals surface area contributed by atoms with Crippen LogP contribution in [0.15, 0.2) is 65.6 Å². The lowest BCUT2D eigenvalue weighted by molar-refractivity contribution is 0.185. The van der Waals surface area contributed by atoms with Crippen LogP contribution >= 0.6 is 0 Å². The molecule has 6 nitrogen and oxygen atoms in total.